The number of benzene rings is 2. The second-order valence-electron chi connectivity index (χ2n) is 6.41. The van der Waals surface area contributed by atoms with E-state index in [2.05, 4.69) is 20.6 Å². The highest BCUT2D eigenvalue weighted by atomic mass is 35.5. The summed E-state index contributed by atoms with van der Waals surface area (Å²) in [5, 5.41) is 14.7. The van der Waals surface area contributed by atoms with Gasteiger partial charge < -0.3 is 10.1 Å². The fourth-order valence-electron chi connectivity index (χ4n) is 2.91. The molecule has 0 aliphatic rings. The molecule has 0 aliphatic carbocycles. The van der Waals surface area contributed by atoms with Gasteiger partial charge in [-0.05, 0) is 48.0 Å². The lowest BCUT2D eigenvalue weighted by atomic mass is 10.1. The Morgan fingerprint density at radius 1 is 1.21 bits per heavy atom. The van der Waals surface area contributed by atoms with Gasteiger partial charge in [0.05, 0.1) is 30.6 Å². The summed E-state index contributed by atoms with van der Waals surface area (Å²) in [6.45, 7) is 0.558. The summed E-state index contributed by atoms with van der Waals surface area (Å²) >= 11 is 5.90. The number of rotatable bonds is 6. The molecular formula is C21H18ClN5O2. The van der Waals surface area contributed by atoms with Gasteiger partial charge in [-0.1, -0.05) is 23.7 Å². The monoisotopic (exact) mass is 407 g/mol. The van der Waals surface area contributed by atoms with Crippen LogP contribution in [-0.4, -0.2) is 33.0 Å². The molecule has 4 aromatic rings. The molecule has 0 aliphatic heterocycles. The molecule has 1 amide bonds. The number of ether oxygens (including phenoxy) is 1. The lowest BCUT2D eigenvalue weighted by Gasteiger charge is -2.07. The summed E-state index contributed by atoms with van der Waals surface area (Å²) in [6, 6.07) is 16.8. The van der Waals surface area contributed by atoms with Gasteiger partial charge in [0.15, 0.2) is 0 Å². The number of nitrogens with one attached hydrogen (secondary N) is 2. The summed E-state index contributed by atoms with van der Waals surface area (Å²) in [6.07, 6.45) is 3.34. The van der Waals surface area contributed by atoms with Gasteiger partial charge in [-0.15, -0.1) is 0 Å². The van der Waals surface area contributed by atoms with Gasteiger partial charge in [-0.25, -0.2) is 0 Å². The van der Waals surface area contributed by atoms with Crippen molar-refractivity contribution in [3.8, 4) is 17.0 Å². The van der Waals surface area contributed by atoms with Crippen molar-refractivity contribution in [2.75, 3.05) is 12.4 Å². The number of hydrogen-bond donors (Lipinski definition) is 2. The van der Waals surface area contributed by atoms with Gasteiger partial charge in [-0.3, -0.25) is 14.6 Å². The Morgan fingerprint density at radius 2 is 2.03 bits per heavy atom. The van der Waals surface area contributed by atoms with E-state index in [1.165, 1.54) is 0 Å². The van der Waals surface area contributed by atoms with E-state index < -0.39 is 0 Å². The first-order chi connectivity index (χ1) is 14.1. The molecule has 0 bridgehead atoms. The standard InChI is InChI=1S/C21H18ClN5O2/c1-29-18-7-5-15(6-8-18)19-10-20(26-25-19)21(28)24-17-4-2-3-14(9-17)12-27-13-16(22)11-23-27/h2-11,13H,12H2,1H3,(H,24,28)(H,25,26). The molecule has 2 N–H and O–H groups in total. The molecule has 0 spiro atoms. The van der Waals surface area contributed by atoms with Crippen molar-refractivity contribution in [2.45, 2.75) is 6.54 Å². The Labute approximate surface area is 172 Å². The molecule has 8 heteroatoms. The highest BCUT2D eigenvalue weighted by Crippen LogP contribution is 2.21. The number of nitrogens with zero attached hydrogens (tertiary/aromatic N) is 3. The molecular weight excluding hydrogens is 390 g/mol. The van der Waals surface area contributed by atoms with E-state index in [0.29, 0.717) is 28.6 Å². The summed E-state index contributed by atoms with van der Waals surface area (Å²) in [4.78, 5) is 12.6. The van der Waals surface area contributed by atoms with Crippen LogP contribution in [0.15, 0.2) is 67.0 Å². The van der Waals surface area contributed by atoms with Crippen LogP contribution in [0, 0.1) is 0 Å². The number of carbonyl (C=O) groups is 1. The van der Waals surface area contributed by atoms with Gasteiger partial charge >= 0.3 is 0 Å². The minimum atomic E-state index is -0.267. The Morgan fingerprint density at radius 3 is 2.76 bits per heavy atom. The smallest absolute Gasteiger partial charge is 0.273 e. The molecule has 4 rings (SSSR count). The maximum Gasteiger partial charge on any atom is 0.273 e. The highest BCUT2D eigenvalue weighted by Gasteiger charge is 2.12. The Kier molecular flexibility index (Phi) is 5.31. The summed E-state index contributed by atoms with van der Waals surface area (Å²) < 4.78 is 6.89. The van der Waals surface area contributed by atoms with E-state index in [1.54, 1.807) is 30.3 Å². The number of aromatic nitrogens is 4. The normalized spacial score (nSPS) is 10.7. The predicted molar refractivity (Wildman–Crippen MR) is 111 cm³/mol. The van der Waals surface area contributed by atoms with Crippen molar-refractivity contribution in [3.63, 3.8) is 0 Å². The van der Waals surface area contributed by atoms with Crippen LogP contribution in [0.4, 0.5) is 5.69 Å². The molecule has 2 aromatic carbocycles. The number of methoxy groups -OCH3 is 1. The predicted octanol–water partition coefficient (Wildman–Crippen LogP) is 4.24. The summed E-state index contributed by atoms with van der Waals surface area (Å²) in [5.41, 5.74) is 3.63. The molecule has 0 atom stereocenters. The van der Waals surface area contributed by atoms with Crippen molar-refractivity contribution in [1.29, 1.82) is 0 Å². The number of halogens is 1. The Bertz CT molecular complexity index is 1130. The van der Waals surface area contributed by atoms with Crippen LogP contribution in [0.25, 0.3) is 11.3 Å². The fourth-order valence-corrected chi connectivity index (χ4v) is 3.06. The highest BCUT2D eigenvalue weighted by molar-refractivity contribution is 6.30. The maximum atomic E-state index is 12.6. The Balaban J connectivity index is 1.45. The lowest BCUT2D eigenvalue weighted by Crippen LogP contribution is -2.12. The van der Waals surface area contributed by atoms with Gasteiger partial charge in [0.2, 0.25) is 0 Å². The zero-order chi connectivity index (χ0) is 20.2. The lowest BCUT2D eigenvalue weighted by molar-refractivity contribution is 0.102. The Hall–Kier alpha value is -3.58. The molecule has 2 heterocycles. The first-order valence-corrected chi connectivity index (χ1v) is 9.26. The molecule has 0 unspecified atom stereocenters. The zero-order valence-electron chi connectivity index (χ0n) is 15.6. The van der Waals surface area contributed by atoms with Crippen LogP contribution < -0.4 is 10.1 Å². The minimum Gasteiger partial charge on any atom is -0.497 e. The third-order valence-corrected chi connectivity index (χ3v) is 4.53. The van der Waals surface area contributed by atoms with Crippen LogP contribution in [0.2, 0.25) is 5.02 Å². The van der Waals surface area contributed by atoms with Crippen molar-refractivity contribution in [1.82, 2.24) is 20.0 Å². The number of aromatic amines is 1. The molecule has 29 heavy (non-hydrogen) atoms. The summed E-state index contributed by atoms with van der Waals surface area (Å²) in [5.74, 6) is 0.496. The SMILES string of the molecule is COc1ccc(-c2cc(C(=O)Nc3cccc(Cn4cc(Cl)cn4)c3)[nH]n2)cc1. The second kappa shape index (κ2) is 8.20. The van der Waals surface area contributed by atoms with Crippen molar-refractivity contribution >= 4 is 23.2 Å². The largest absolute Gasteiger partial charge is 0.497 e. The van der Waals surface area contributed by atoms with Crippen LogP contribution in [0.1, 0.15) is 16.1 Å². The molecule has 2 aromatic heterocycles. The average Bonchev–Trinajstić information content (AvgIpc) is 3.38. The molecule has 146 valence electrons. The van der Waals surface area contributed by atoms with E-state index in [9.17, 15) is 4.79 Å². The van der Waals surface area contributed by atoms with Crippen molar-refractivity contribution in [2.24, 2.45) is 0 Å². The number of H-pyrrole nitrogens is 1. The molecule has 0 fully saturated rings. The van der Waals surface area contributed by atoms with Crippen molar-refractivity contribution in [3.05, 3.63) is 83.3 Å². The molecule has 0 radical (unpaired) electrons. The van der Waals surface area contributed by atoms with E-state index >= 15 is 0 Å². The van der Waals surface area contributed by atoms with Crippen LogP contribution in [0.3, 0.4) is 0 Å². The van der Waals surface area contributed by atoms with Crippen LogP contribution >= 0.6 is 11.6 Å². The third kappa shape index (κ3) is 4.47. The van der Waals surface area contributed by atoms with E-state index in [0.717, 1.165) is 16.9 Å². The molecule has 0 saturated carbocycles. The zero-order valence-corrected chi connectivity index (χ0v) is 16.3. The molecule has 7 nitrogen and oxygen atoms in total. The van der Waals surface area contributed by atoms with Gasteiger partial charge in [0.25, 0.3) is 5.91 Å². The van der Waals surface area contributed by atoms with E-state index in [1.807, 2.05) is 48.5 Å². The number of amides is 1. The van der Waals surface area contributed by atoms with Gasteiger partial charge in [-0.2, -0.15) is 10.2 Å². The van der Waals surface area contributed by atoms with Crippen molar-refractivity contribution < 1.29 is 9.53 Å². The van der Waals surface area contributed by atoms with Gasteiger partial charge in [0, 0.05) is 17.4 Å². The van der Waals surface area contributed by atoms with E-state index in [-0.39, 0.29) is 5.91 Å². The topological polar surface area (TPSA) is 84.8 Å². The molecule has 0 saturated heterocycles. The maximum absolute atomic E-state index is 12.6. The third-order valence-electron chi connectivity index (χ3n) is 4.34. The minimum absolute atomic E-state index is 0.267. The van der Waals surface area contributed by atoms with E-state index in [4.69, 9.17) is 16.3 Å². The number of carbonyl (C=O) groups excluding carboxylic acids is 1. The number of hydrogen-bond acceptors (Lipinski definition) is 4. The average molecular weight is 408 g/mol. The number of anilines is 1. The first-order valence-electron chi connectivity index (χ1n) is 8.89. The van der Waals surface area contributed by atoms with Crippen LogP contribution in [-0.2, 0) is 6.54 Å². The van der Waals surface area contributed by atoms with Gasteiger partial charge in [0.1, 0.15) is 11.4 Å². The quantitative estimate of drug-likeness (QED) is 0.500. The van der Waals surface area contributed by atoms with Crippen LogP contribution in [0.5, 0.6) is 5.75 Å². The first kappa shape index (κ1) is 18.8. The summed E-state index contributed by atoms with van der Waals surface area (Å²) in [7, 11) is 1.62. The fraction of sp³-hybridized carbons (Fsp3) is 0.0952. The second-order valence-corrected chi connectivity index (χ2v) is 6.84.